The molecule has 1 atom stereocenters. The SMILES string of the molecule is Cc1ccc(S(=O)(=O)N(C)C2CCSC2)c(C#CCO)c1. The number of hydrogen-bond acceptors (Lipinski definition) is 4. The summed E-state index contributed by atoms with van der Waals surface area (Å²) in [5.41, 5.74) is 1.39. The van der Waals surface area contributed by atoms with E-state index in [0.717, 1.165) is 23.5 Å². The molecule has 0 saturated carbocycles. The van der Waals surface area contributed by atoms with Crippen molar-refractivity contribution < 1.29 is 13.5 Å². The lowest BCUT2D eigenvalue weighted by Gasteiger charge is -2.23. The summed E-state index contributed by atoms with van der Waals surface area (Å²) in [4.78, 5) is 0.216. The molecule has 6 heteroatoms. The Kier molecular flexibility index (Phi) is 5.33. The van der Waals surface area contributed by atoms with Gasteiger partial charge in [-0.3, -0.25) is 0 Å². The first-order valence-electron chi connectivity index (χ1n) is 6.73. The van der Waals surface area contributed by atoms with Crippen LogP contribution < -0.4 is 0 Å². The predicted octanol–water partition coefficient (Wildman–Crippen LogP) is 1.46. The molecule has 2 rings (SSSR count). The molecule has 0 amide bonds. The highest BCUT2D eigenvalue weighted by atomic mass is 32.2. The van der Waals surface area contributed by atoms with Gasteiger partial charge in [-0.05, 0) is 36.8 Å². The molecule has 0 aromatic heterocycles. The summed E-state index contributed by atoms with van der Waals surface area (Å²) in [7, 11) is -1.93. The highest BCUT2D eigenvalue weighted by Gasteiger charge is 2.31. The summed E-state index contributed by atoms with van der Waals surface area (Å²) < 4.78 is 27.1. The van der Waals surface area contributed by atoms with Gasteiger partial charge in [0, 0.05) is 24.4 Å². The molecule has 1 heterocycles. The van der Waals surface area contributed by atoms with Gasteiger partial charge in [0.2, 0.25) is 10.0 Å². The van der Waals surface area contributed by atoms with Gasteiger partial charge in [-0.15, -0.1) is 0 Å². The Morgan fingerprint density at radius 1 is 1.48 bits per heavy atom. The van der Waals surface area contributed by atoms with Crippen molar-refractivity contribution in [3.63, 3.8) is 0 Å². The highest BCUT2D eigenvalue weighted by Crippen LogP contribution is 2.27. The van der Waals surface area contributed by atoms with E-state index in [2.05, 4.69) is 11.8 Å². The first-order valence-corrected chi connectivity index (χ1v) is 9.32. The fraction of sp³-hybridized carbons (Fsp3) is 0.467. The molecule has 1 saturated heterocycles. The predicted molar refractivity (Wildman–Crippen MR) is 85.8 cm³/mol. The number of aryl methyl sites for hydroxylation is 1. The number of benzene rings is 1. The second-order valence-corrected chi connectivity index (χ2v) is 8.11. The van der Waals surface area contributed by atoms with Crippen LogP contribution in [-0.4, -0.2) is 49.0 Å². The number of sulfonamides is 1. The first-order chi connectivity index (χ1) is 9.96. The standard InChI is InChI=1S/C15H19NO3S2/c1-12-5-6-15(13(10-12)4-3-8-17)21(18,19)16(2)14-7-9-20-11-14/h5-6,10,14,17H,7-9,11H2,1-2H3. The van der Waals surface area contributed by atoms with Crippen LogP contribution in [0.15, 0.2) is 23.1 Å². The molecule has 0 aliphatic carbocycles. The van der Waals surface area contributed by atoms with E-state index in [-0.39, 0.29) is 17.5 Å². The molecule has 4 nitrogen and oxygen atoms in total. The van der Waals surface area contributed by atoms with E-state index in [1.807, 2.05) is 6.92 Å². The Morgan fingerprint density at radius 2 is 2.24 bits per heavy atom. The summed E-state index contributed by atoms with van der Waals surface area (Å²) in [6, 6.07) is 5.16. The van der Waals surface area contributed by atoms with Crippen LogP contribution in [0.3, 0.4) is 0 Å². The lowest BCUT2D eigenvalue weighted by molar-refractivity contribution is 0.350. The highest BCUT2D eigenvalue weighted by molar-refractivity contribution is 7.99. The van der Waals surface area contributed by atoms with Crippen molar-refractivity contribution in [3.8, 4) is 11.8 Å². The average Bonchev–Trinajstić information content (AvgIpc) is 2.98. The third kappa shape index (κ3) is 3.61. The monoisotopic (exact) mass is 325 g/mol. The Hall–Kier alpha value is -1.00. The van der Waals surface area contributed by atoms with Crippen molar-refractivity contribution in [2.75, 3.05) is 25.2 Å². The van der Waals surface area contributed by atoms with E-state index in [0.29, 0.717) is 5.56 Å². The van der Waals surface area contributed by atoms with Crippen molar-refractivity contribution in [1.82, 2.24) is 4.31 Å². The lowest BCUT2D eigenvalue weighted by Crippen LogP contribution is -2.37. The normalized spacial score (nSPS) is 18.6. The first kappa shape index (κ1) is 16.4. The van der Waals surface area contributed by atoms with Crippen molar-refractivity contribution in [2.24, 2.45) is 0 Å². The number of hydrogen-bond donors (Lipinski definition) is 1. The van der Waals surface area contributed by atoms with Gasteiger partial charge in [0.1, 0.15) is 6.61 Å². The third-order valence-electron chi connectivity index (χ3n) is 3.51. The topological polar surface area (TPSA) is 57.6 Å². The molecule has 0 radical (unpaired) electrons. The zero-order chi connectivity index (χ0) is 15.5. The number of rotatable bonds is 3. The summed E-state index contributed by atoms with van der Waals surface area (Å²) in [5.74, 6) is 7.10. The number of nitrogens with zero attached hydrogens (tertiary/aromatic N) is 1. The van der Waals surface area contributed by atoms with Crippen molar-refractivity contribution in [2.45, 2.75) is 24.3 Å². The minimum absolute atomic E-state index is 0.0416. The molecule has 1 aliphatic rings. The van der Waals surface area contributed by atoms with Gasteiger partial charge in [0.05, 0.1) is 4.90 Å². The maximum atomic E-state index is 12.8. The van der Waals surface area contributed by atoms with Crippen LogP contribution >= 0.6 is 11.8 Å². The van der Waals surface area contributed by atoms with Gasteiger partial charge in [-0.1, -0.05) is 17.9 Å². The van der Waals surface area contributed by atoms with Crippen molar-refractivity contribution >= 4 is 21.8 Å². The zero-order valence-corrected chi connectivity index (χ0v) is 13.8. The molecular weight excluding hydrogens is 306 g/mol. The van der Waals surface area contributed by atoms with Gasteiger partial charge >= 0.3 is 0 Å². The van der Waals surface area contributed by atoms with E-state index in [4.69, 9.17) is 5.11 Å². The van der Waals surface area contributed by atoms with Crippen molar-refractivity contribution in [1.29, 1.82) is 0 Å². The fourth-order valence-corrected chi connectivity index (χ4v) is 5.13. The van der Waals surface area contributed by atoms with Gasteiger partial charge in [0.15, 0.2) is 0 Å². The van der Waals surface area contributed by atoms with Crippen LogP contribution in [-0.2, 0) is 10.0 Å². The van der Waals surface area contributed by atoms with Crippen LogP contribution in [0.4, 0.5) is 0 Å². The zero-order valence-electron chi connectivity index (χ0n) is 12.2. The molecule has 0 spiro atoms. The van der Waals surface area contributed by atoms with Gasteiger partial charge in [-0.25, -0.2) is 8.42 Å². The van der Waals surface area contributed by atoms with Crippen LogP contribution in [0, 0.1) is 18.8 Å². The van der Waals surface area contributed by atoms with Crippen LogP contribution in [0.2, 0.25) is 0 Å². The largest absolute Gasteiger partial charge is 0.384 e. The second kappa shape index (κ2) is 6.84. The third-order valence-corrected chi connectivity index (χ3v) is 6.63. The Labute approximate surface area is 130 Å². The molecule has 1 aliphatic heterocycles. The van der Waals surface area contributed by atoms with Crippen LogP contribution in [0.5, 0.6) is 0 Å². The lowest BCUT2D eigenvalue weighted by atomic mass is 10.1. The van der Waals surface area contributed by atoms with Crippen LogP contribution in [0.1, 0.15) is 17.5 Å². The molecule has 0 bridgehead atoms. The van der Waals surface area contributed by atoms with E-state index in [1.54, 1.807) is 37.0 Å². The van der Waals surface area contributed by atoms with Crippen LogP contribution in [0.25, 0.3) is 0 Å². The number of thioether (sulfide) groups is 1. The van der Waals surface area contributed by atoms with E-state index >= 15 is 0 Å². The minimum Gasteiger partial charge on any atom is -0.384 e. The molecule has 1 fully saturated rings. The summed E-state index contributed by atoms with van der Waals surface area (Å²) in [6.45, 7) is 1.60. The van der Waals surface area contributed by atoms with Gasteiger partial charge < -0.3 is 5.11 Å². The second-order valence-electron chi connectivity index (χ2n) is 5.00. The summed E-state index contributed by atoms with van der Waals surface area (Å²) in [6.07, 6.45) is 0.879. The molecule has 21 heavy (non-hydrogen) atoms. The maximum Gasteiger partial charge on any atom is 0.244 e. The number of aliphatic hydroxyl groups is 1. The molecule has 1 aromatic carbocycles. The molecular formula is C15H19NO3S2. The maximum absolute atomic E-state index is 12.8. The number of aliphatic hydroxyl groups excluding tert-OH is 1. The van der Waals surface area contributed by atoms with E-state index in [9.17, 15) is 8.42 Å². The molecule has 1 N–H and O–H groups in total. The molecule has 1 unspecified atom stereocenters. The smallest absolute Gasteiger partial charge is 0.244 e. The Balaban J connectivity index is 2.43. The molecule has 1 aromatic rings. The van der Waals surface area contributed by atoms with E-state index < -0.39 is 10.0 Å². The molecule has 114 valence electrons. The van der Waals surface area contributed by atoms with E-state index in [1.165, 1.54) is 4.31 Å². The van der Waals surface area contributed by atoms with Gasteiger partial charge in [0.25, 0.3) is 0 Å². The van der Waals surface area contributed by atoms with Gasteiger partial charge in [-0.2, -0.15) is 16.1 Å². The quantitative estimate of drug-likeness (QED) is 0.855. The Morgan fingerprint density at radius 3 is 2.86 bits per heavy atom. The summed E-state index contributed by atoms with van der Waals surface area (Å²) >= 11 is 1.78. The Bertz CT molecular complexity index is 668. The fourth-order valence-electron chi connectivity index (χ4n) is 2.26. The summed E-state index contributed by atoms with van der Waals surface area (Å²) in [5, 5.41) is 8.84. The van der Waals surface area contributed by atoms with Crippen molar-refractivity contribution in [3.05, 3.63) is 29.3 Å². The average molecular weight is 325 g/mol. The minimum atomic E-state index is -3.56.